The highest BCUT2D eigenvalue weighted by atomic mass is 19.1. The monoisotopic (exact) mass is 664 g/mol. The van der Waals surface area contributed by atoms with Gasteiger partial charge in [-0.05, 0) is 90.4 Å². The van der Waals surface area contributed by atoms with Gasteiger partial charge in [0, 0.05) is 87.1 Å². The van der Waals surface area contributed by atoms with Crippen molar-refractivity contribution >= 4 is 17.3 Å². The zero-order chi connectivity index (χ0) is 33.6. The zero-order valence-electron chi connectivity index (χ0n) is 27.8. The number of benzene rings is 4. The molecule has 4 aromatic rings. The van der Waals surface area contributed by atoms with Gasteiger partial charge in [0.25, 0.3) is 5.91 Å². The number of carbonyl (C=O) groups is 1. The van der Waals surface area contributed by atoms with E-state index in [-0.39, 0.29) is 35.1 Å². The van der Waals surface area contributed by atoms with Crippen LogP contribution in [-0.4, -0.2) is 68.3 Å². The molecule has 7 nitrogen and oxygen atoms in total. The van der Waals surface area contributed by atoms with Gasteiger partial charge in [0.2, 0.25) is 0 Å². The van der Waals surface area contributed by atoms with Gasteiger partial charge in [0.05, 0.1) is 12.3 Å². The average Bonchev–Trinajstić information content (AvgIpc) is 3.49. The highest BCUT2D eigenvalue weighted by Crippen LogP contribution is 2.47. The van der Waals surface area contributed by atoms with Crippen molar-refractivity contribution in [3.63, 3.8) is 0 Å². The number of nitrogens with one attached hydrogen (secondary N) is 1. The molecule has 2 unspecified atom stereocenters. The lowest BCUT2D eigenvalue weighted by molar-refractivity contribution is 0.0965. The Balaban J connectivity index is 0.911. The fourth-order valence-corrected chi connectivity index (χ4v) is 8.30. The number of hydrogen-bond donors (Lipinski definition) is 2. The van der Waals surface area contributed by atoms with E-state index in [0.717, 1.165) is 86.5 Å². The lowest BCUT2D eigenvalue weighted by Gasteiger charge is -2.40. The minimum absolute atomic E-state index is 0.0209. The van der Waals surface area contributed by atoms with Crippen LogP contribution in [0.4, 0.5) is 20.2 Å². The SMILES string of the molecule is Cc1cc(C2COc3cc(O)ccc3C2c2ccc(N3CCC(CN4CCN(c5ccc6c(c5)CNC6=O)CC4)CC3)c(F)c2)ccc1F. The number of amides is 1. The first-order valence-electron chi connectivity index (χ1n) is 17.5. The normalized spacial score (nSPS) is 21.2. The molecule has 2 saturated heterocycles. The standard InChI is InChI=1S/C40H42F2N4O3/c1-25-18-27(2-8-35(25)41)34-24-49-38-21-31(47)5-7-33(38)39(34)28-3-9-37(36(42)20-28)46-12-10-26(11-13-46)23-44-14-16-45(17-15-44)30-4-6-32-29(19-30)22-43-40(32)48/h2-9,18-21,26,34,39,47H,10-17,22-24H2,1H3,(H,43,48). The molecule has 0 saturated carbocycles. The quantitative estimate of drug-likeness (QED) is 0.243. The van der Waals surface area contributed by atoms with E-state index >= 15 is 4.39 Å². The number of ether oxygens (including phenoxy) is 1. The second-order valence-electron chi connectivity index (χ2n) is 14.1. The molecule has 4 aliphatic rings. The Kier molecular flexibility index (Phi) is 8.39. The van der Waals surface area contributed by atoms with E-state index in [1.807, 2.05) is 30.3 Å². The number of phenolic OH excluding ortho intramolecular Hbond substituents is 1. The number of aryl methyl sites for hydroxylation is 1. The number of aromatic hydroxyl groups is 1. The molecule has 2 atom stereocenters. The van der Waals surface area contributed by atoms with Crippen molar-refractivity contribution < 1.29 is 23.4 Å². The summed E-state index contributed by atoms with van der Waals surface area (Å²) in [7, 11) is 0. The Hall–Kier alpha value is -4.63. The van der Waals surface area contributed by atoms with Crippen LogP contribution in [0.2, 0.25) is 0 Å². The van der Waals surface area contributed by atoms with E-state index in [1.54, 1.807) is 31.2 Å². The third-order valence-corrected chi connectivity index (χ3v) is 11.1. The Bertz CT molecular complexity index is 1880. The minimum atomic E-state index is -0.256. The first-order valence-corrected chi connectivity index (χ1v) is 17.5. The second kappa shape index (κ2) is 13.0. The second-order valence-corrected chi connectivity index (χ2v) is 14.1. The van der Waals surface area contributed by atoms with E-state index in [1.165, 1.54) is 11.8 Å². The van der Waals surface area contributed by atoms with Crippen molar-refractivity contribution in [1.82, 2.24) is 10.2 Å². The lowest BCUT2D eigenvalue weighted by Crippen LogP contribution is -2.49. The van der Waals surface area contributed by atoms with Gasteiger partial charge in [-0.1, -0.05) is 24.3 Å². The topological polar surface area (TPSA) is 68.3 Å². The Morgan fingerprint density at radius 2 is 1.63 bits per heavy atom. The van der Waals surface area contributed by atoms with Crippen molar-refractivity contribution in [3.8, 4) is 11.5 Å². The number of piperidine rings is 1. The van der Waals surface area contributed by atoms with Gasteiger partial charge < -0.3 is 25.0 Å². The fraction of sp³-hybridized carbons (Fsp3) is 0.375. The van der Waals surface area contributed by atoms with Crippen LogP contribution in [0.15, 0.2) is 72.8 Å². The molecule has 4 heterocycles. The van der Waals surface area contributed by atoms with Gasteiger partial charge in [-0.25, -0.2) is 8.78 Å². The van der Waals surface area contributed by atoms with E-state index in [0.29, 0.717) is 36.1 Å². The van der Waals surface area contributed by atoms with Gasteiger partial charge >= 0.3 is 0 Å². The number of hydrogen-bond acceptors (Lipinski definition) is 6. The molecule has 4 aliphatic heterocycles. The molecule has 0 aromatic heterocycles. The van der Waals surface area contributed by atoms with Crippen LogP contribution in [-0.2, 0) is 6.54 Å². The number of fused-ring (bicyclic) bond motifs is 2. The number of carbonyl (C=O) groups excluding carboxylic acids is 1. The third-order valence-electron chi connectivity index (χ3n) is 11.1. The highest BCUT2D eigenvalue weighted by Gasteiger charge is 2.35. The number of rotatable bonds is 6. The smallest absolute Gasteiger partial charge is 0.251 e. The summed E-state index contributed by atoms with van der Waals surface area (Å²) in [5, 5.41) is 13.0. The largest absolute Gasteiger partial charge is 0.508 e. The van der Waals surface area contributed by atoms with Gasteiger partial charge in [-0.2, -0.15) is 0 Å². The summed E-state index contributed by atoms with van der Waals surface area (Å²) in [5.74, 6) is 0.459. The lowest BCUT2D eigenvalue weighted by atomic mass is 9.75. The average molecular weight is 665 g/mol. The molecule has 0 spiro atoms. The molecule has 0 aliphatic carbocycles. The molecular formula is C40H42F2N4O3. The predicted molar refractivity (Wildman–Crippen MR) is 187 cm³/mol. The van der Waals surface area contributed by atoms with Crippen molar-refractivity contribution in [2.75, 3.05) is 62.2 Å². The van der Waals surface area contributed by atoms with Crippen LogP contribution in [0.5, 0.6) is 11.5 Å². The Morgan fingerprint density at radius 1 is 0.837 bits per heavy atom. The Morgan fingerprint density at radius 3 is 2.41 bits per heavy atom. The molecule has 49 heavy (non-hydrogen) atoms. The summed E-state index contributed by atoms with van der Waals surface area (Å²) in [5.41, 5.74) is 6.92. The van der Waals surface area contributed by atoms with Crippen molar-refractivity contribution in [3.05, 3.63) is 118 Å². The maximum atomic E-state index is 16.0. The third kappa shape index (κ3) is 6.21. The van der Waals surface area contributed by atoms with Gasteiger partial charge in [-0.3, -0.25) is 9.69 Å². The van der Waals surface area contributed by atoms with E-state index in [9.17, 15) is 14.3 Å². The van der Waals surface area contributed by atoms with Gasteiger partial charge in [0.15, 0.2) is 0 Å². The van der Waals surface area contributed by atoms with Crippen LogP contribution in [0.25, 0.3) is 0 Å². The summed E-state index contributed by atoms with van der Waals surface area (Å²) in [6.07, 6.45) is 2.05. The maximum Gasteiger partial charge on any atom is 0.251 e. The molecular weight excluding hydrogens is 622 g/mol. The maximum absolute atomic E-state index is 16.0. The van der Waals surface area contributed by atoms with Crippen LogP contribution in [0.1, 0.15) is 62.9 Å². The minimum Gasteiger partial charge on any atom is -0.508 e. The first kappa shape index (κ1) is 31.6. The van der Waals surface area contributed by atoms with Crippen molar-refractivity contribution in [1.29, 1.82) is 0 Å². The first-order chi connectivity index (χ1) is 23.8. The molecule has 8 rings (SSSR count). The Labute approximate surface area is 286 Å². The van der Waals surface area contributed by atoms with Gasteiger partial charge in [-0.15, -0.1) is 0 Å². The molecule has 4 aromatic carbocycles. The number of phenols is 1. The zero-order valence-corrected chi connectivity index (χ0v) is 27.8. The van der Waals surface area contributed by atoms with Crippen LogP contribution < -0.4 is 19.9 Å². The van der Waals surface area contributed by atoms with E-state index < -0.39 is 0 Å². The highest BCUT2D eigenvalue weighted by molar-refractivity contribution is 5.98. The molecule has 0 bridgehead atoms. The summed E-state index contributed by atoms with van der Waals surface area (Å²) in [6, 6.07) is 22.0. The number of piperazine rings is 1. The summed E-state index contributed by atoms with van der Waals surface area (Å²) >= 11 is 0. The summed E-state index contributed by atoms with van der Waals surface area (Å²) < 4.78 is 36.3. The molecule has 2 N–H and O–H groups in total. The van der Waals surface area contributed by atoms with Crippen LogP contribution >= 0.6 is 0 Å². The molecule has 1 amide bonds. The molecule has 9 heteroatoms. The predicted octanol–water partition coefficient (Wildman–Crippen LogP) is 6.57. The summed E-state index contributed by atoms with van der Waals surface area (Å²) in [6.45, 7) is 9.37. The van der Waals surface area contributed by atoms with E-state index in [4.69, 9.17) is 4.74 Å². The summed E-state index contributed by atoms with van der Waals surface area (Å²) in [4.78, 5) is 19.1. The number of halogens is 2. The van der Waals surface area contributed by atoms with Crippen molar-refractivity contribution in [2.45, 2.75) is 38.1 Å². The van der Waals surface area contributed by atoms with Crippen molar-refractivity contribution in [2.24, 2.45) is 5.92 Å². The molecule has 0 radical (unpaired) electrons. The van der Waals surface area contributed by atoms with E-state index in [2.05, 4.69) is 32.1 Å². The number of anilines is 2. The van der Waals surface area contributed by atoms with Crippen LogP contribution in [0, 0.1) is 24.5 Å². The molecule has 254 valence electrons. The van der Waals surface area contributed by atoms with Crippen LogP contribution in [0.3, 0.4) is 0 Å². The molecule has 2 fully saturated rings. The fourth-order valence-electron chi connectivity index (χ4n) is 8.30. The van der Waals surface area contributed by atoms with Gasteiger partial charge in [0.1, 0.15) is 23.1 Å². The number of nitrogens with zero attached hydrogens (tertiary/aromatic N) is 3.